The van der Waals surface area contributed by atoms with Gasteiger partial charge in [-0.2, -0.15) is 10.1 Å². The van der Waals surface area contributed by atoms with Crippen molar-refractivity contribution < 1.29 is 4.39 Å². The summed E-state index contributed by atoms with van der Waals surface area (Å²) in [5, 5.41) is 11.2. The SMILES string of the molecule is CN(Cc1ccccc1)c1cnnc(NCCc2ccc(F)cc2)n1. The van der Waals surface area contributed by atoms with E-state index in [0.717, 1.165) is 24.3 Å². The highest BCUT2D eigenvalue weighted by molar-refractivity contribution is 5.40. The lowest BCUT2D eigenvalue weighted by Crippen LogP contribution is -2.19. The molecule has 1 aromatic heterocycles. The number of hydrogen-bond donors (Lipinski definition) is 1. The molecule has 0 unspecified atom stereocenters. The Bertz CT molecular complexity index is 792. The van der Waals surface area contributed by atoms with Crippen LogP contribution in [0, 0.1) is 5.82 Å². The Balaban J connectivity index is 1.56. The zero-order valence-corrected chi connectivity index (χ0v) is 14.1. The van der Waals surface area contributed by atoms with E-state index in [9.17, 15) is 4.39 Å². The smallest absolute Gasteiger partial charge is 0.244 e. The van der Waals surface area contributed by atoms with Gasteiger partial charge in [-0.25, -0.2) is 4.39 Å². The molecule has 0 bridgehead atoms. The predicted octanol–water partition coefficient (Wildman–Crippen LogP) is 3.30. The number of halogens is 1. The molecule has 0 atom stereocenters. The molecule has 5 nitrogen and oxygen atoms in total. The van der Waals surface area contributed by atoms with Crippen LogP contribution in [0.1, 0.15) is 11.1 Å². The first kappa shape index (κ1) is 16.8. The van der Waals surface area contributed by atoms with Gasteiger partial charge in [-0.3, -0.25) is 0 Å². The highest BCUT2D eigenvalue weighted by Crippen LogP contribution is 2.12. The van der Waals surface area contributed by atoms with Crippen molar-refractivity contribution >= 4 is 11.8 Å². The van der Waals surface area contributed by atoms with Crippen molar-refractivity contribution in [3.8, 4) is 0 Å². The van der Waals surface area contributed by atoms with Crippen LogP contribution < -0.4 is 10.2 Å². The van der Waals surface area contributed by atoms with Crippen molar-refractivity contribution in [3.05, 3.63) is 77.7 Å². The van der Waals surface area contributed by atoms with Crippen LogP contribution in [-0.4, -0.2) is 28.8 Å². The molecule has 128 valence electrons. The average Bonchev–Trinajstić information content (AvgIpc) is 2.64. The third-order valence-electron chi connectivity index (χ3n) is 3.81. The number of hydrogen-bond acceptors (Lipinski definition) is 5. The van der Waals surface area contributed by atoms with E-state index in [1.54, 1.807) is 18.3 Å². The minimum atomic E-state index is -0.224. The van der Waals surface area contributed by atoms with Crippen LogP contribution in [0.15, 0.2) is 60.8 Å². The second-order valence-corrected chi connectivity index (χ2v) is 5.78. The summed E-state index contributed by atoms with van der Waals surface area (Å²) in [6, 6.07) is 16.7. The highest BCUT2D eigenvalue weighted by Gasteiger charge is 2.06. The summed E-state index contributed by atoms with van der Waals surface area (Å²) >= 11 is 0. The van der Waals surface area contributed by atoms with Crippen molar-refractivity contribution in [2.45, 2.75) is 13.0 Å². The van der Waals surface area contributed by atoms with Crippen molar-refractivity contribution in [2.24, 2.45) is 0 Å². The maximum absolute atomic E-state index is 12.9. The van der Waals surface area contributed by atoms with E-state index in [1.807, 2.05) is 30.1 Å². The van der Waals surface area contributed by atoms with Crippen molar-refractivity contribution in [1.82, 2.24) is 15.2 Å². The van der Waals surface area contributed by atoms with Crippen LogP contribution in [0.5, 0.6) is 0 Å². The molecule has 0 radical (unpaired) electrons. The molecule has 0 aliphatic carbocycles. The minimum absolute atomic E-state index is 0.224. The molecule has 0 aliphatic heterocycles. The molecule has 3 aromatic rings. The van der Waals surface area contributed by atoms with E-state index in [2.05, 4.69) is 32.6 Å². The van der Waals surface area contributed by atoms with Crippen LogP contribution >= 0.6 is 0 Å². The number of nitrogens with zero attached hydrogens (tertiary/aromatic N) is 4. The summed E-state index contributed by atoms with van der Waals surface area (Å²) in [6.07, 6.45) is 2.40. The summed E-state index contributed by atoms with van der Waals surface area (Å²) < 4.78 is 12.9. The zero-order valence-electron chi connectivity index (χ0n) is 14.1. The van der Waals surface area contributed by atoms with Gasteiger partial charge < -0.3 is 10.2 Å². The van der Waals surface area contributed by atoms with Crippen molar-refractivity contribution in [1.29, 1.82) is 0 Å². The Morgan fingerprint density at radius 2 is 1.76 bits per heavy atom. The van der Waals surface area contributed by atoms with E-state index in [4.69, 9.17) is 0 Å². The van der Waals surface area contributed by atoms with Crippen molar-refractivity contribution in [3.63, 3.8) is 0 Å². The second-order valence-electron chi connectivity index (χ2n) is 5.78. The lowest BCUT2D eigenvalue weighted by atomic mass is 10.1. The maximum atomic E-state index is 12.9. The van der Waals surface area contributed by atoms with Gasteiger partial charge in [0.25, 0.3) is 0 Å². The molecule has 0 aliphatic rings. The molecule has 0 spiro atoms. The first-order valence-electron chi connectivity index (χ1n) is 8.14. The molecule has 3 rings (SSSR count). The number of benzene rings is 2. The van der Waals surface area contributed by atoms with Crippen LogP contribution in [0.2, 0.25) is 0 Å². The lowest BCUT2D eigenvalue weighted by Gasteiger charge is -2.18. The van der Waals surface area contributed by atoms with Gasteiger partial charge in [0.05, 0.1) is 6.20 Å². The minimum Gasteiger partial charge on any atom is -0.354 e. The molecule has 0 amide bonds. The fraction of sp³-hybridized carbons (Fsp3) is 0.211. The largest absolute Gasteiger partial charge is 0.354 e. The number of aromatic nitrogens is 3. The van der Waals surface area contributed by atoms with Crippen LogP contribution in [0.4, 0.5) is 16.2 Å². The molecule has 0 saturated heterocycles. The lowest BCUT2D eigenvalue weighted by molar-refractivity contribution is 0.627. The predicted molar refractivity (Wildman–Crippen MR) is 97.0 cm³/mol. The van der Waals surface area contributed by atoms with Gasteiger partial charge in [0.1, 0.15) is 5.82 Å². The van der Waals surface area contributed by atoms with E-state index in [-0.39, 0.29) is 5.82 Å². The van der Waals surface area contributed by atoms with Gasteiger partial charge in [-0.05, 0) is 29.7 Å². The Hall–Kier alpha value is -3.02. The highest BCUT2D eigenvalue weighted by atomic mass is 19.1. The summed E-state index contributed by atoms with van der Waals surface area (Å²) in [5.41, 5.74) is 2.26. The number of rotatable bonds is 7. The third kappa shape index (κ3) is 4.97. The maximum Gasteiger partial charge on any atom is 0.244 e. The summed E-state index contributed by atoms with van der Waals surface area (Å²) in [5.74, 6) is 1.01. The first-order valence-corrected chi connectivity index (χ1v) is 8.14. The number of nitrogens with one attached hydrogen (secondary N) is 1. The molecule has 1 heterocycles. The Morgan fingerprint density at radius 1 is 1.00 bits per heavy atom. The Kier molecular flexibility index (Phi) is 5.51. The van der Waals surface area contributed by atoms with Gasteiger partial charge >= 0.3 is 0 Å². The van der Waals surface area contributed by atoms with Gasteiger partial charge in [-0.15, -0.1) is 5.10 Å². The van der Waals surface area contributed by atoms with E-state index in [1.165, 1.54) is 17.7 Å². The standard InChI is InChI=1S/C19H20FN5/c1-25(14-16-5-3-2-4-6-16)18-13-22-24-19(23-18)21-12-11-15-7-9-17(20)10-8-15/h2-10,13H,11-12,14H2,1H3,(H,21,23,24). The molecular formula is C19H20FN5. The van der Waals surface area contributed by atoms with Gasteiger partial charge in [0, 0.05) is 20.1 Å². The fourth-order valence-corrected chi connectivity index (χ4v) is 2.46. The van der Waals surface area contributed by atoms with Gasteiger partial charge in [0.15, 0.2) is 5.82 Å². The first-order chi connectivity index (χ1) is 12.2. The third-order valence-corrected chi connectivity index (χ3v) is 3.81. The molecule has 25 heavy (non-hydrogen) atoms. The molecule has 0 saturated carbocycles. The van der Waals surface area contributed by atoms with E-state index in [0.29, 0.717) is 12.5 Å². The summed E-state index contributed by atoms with van der Waals surface area (Å²) in [6.45, 7) is 1.40. The van der Waals surface area contributed by atoms with Crippen LogP contribution in [-0.2, 0) is 13.0 Å². The van der Waals surface area contributed by atoms with Crippen LogP contribution in [0.25, 0.3) is 0 Å². The van der Waals surface area contributed by atoms with E-state index >= 15 is 0 Å². The zero-order chi connectivity index (χ0) is 17.5. The summed E-state index contributed by atoms with van der Waals surface area (Å²) in [4.78, 5) is 6.52. The van der Waals surface area contributed by atoms with E-state index < -0.39 is 0 Å². The Morgan fingerprint density at radius 3 is 2.52 bits per heavy atom. The monoisotopic (exact) mass is 337 g/mol. The quantitative estimate of drug-likeness (QED) is 0.717. The normalized spacial score (nSPS) is 10.5. The average molecular weight is 337 g/mol. The molecule has 1 N–H and O–H groups in total. The van der Waals surface area contributed by atoms with Crippen LogP contribution in [0.3, 0.4) is 0 Å². The molecule has 2 aromatic carbocycles. The van der Waals surface area contributed by atoms with Gasteiger partial charge in [-0.1, -0.05) is 42.5 Å². The molecule has 6 heteroatoms. The Labute approximate surface area is 146 Å². The topological polar surface area (TPSA) is 53.9 Å². The van der Waals surface area contributed by atoms with Gasteiger partial charge in [0.2, 0.25) is 5.95 Å². The van der Waals surface area contributed by atoms with Crippen molar-refractivity contribution in [2.75, 3.05) is 23.8 Å². The number of anilines is 2. The fourth-order valence-electron chi connectivity index (χ4n) is 2.46. The summed E-state index contributed by atoms with van der Waals surface area (Å²) in [7, 11) is 1.97. The second kappa shape index (κ2) is 8.19. The molecular weight excluding hydrogens is 317 g/mol. The molecule has 0 fully saturated rings.